The molecule has 4 rings (SSSR count). The fraction of sp³-hybridized carbons (Fsp3) is 0.886. The van der Waals surface area contributed by atoms with Crippen molar-refractivity contribution in [3.05, 3.63) is 0 Å². The molecule has 26 nitrogen and oxygen atoms in total. The molecule has 0 bridgehead atoms. The number of amides is 3. The molecule has 17 unspecified atom stereocenters. The summed E-state index contributed by atoms with van der Waals surface area (Å²) in [6, 6.07) is -4.11. The number of carbonyl (C=O) groups excluding carboxylic acids is 3. The number of hydrogen-bond donors (Lipinski definition) is 12. The summed E-state index contributed by atoms with van der Waals surface area (Å²) in [6.07, 6.45) is -22.5. The average Bonchev–Trinajstić information content (AvgIpc) is 3.58. The van der Waals surface area contributed by atoms with Gasteiger partial charge in [0.1, 0.15) is 79.2 Å². The van der Waals surface area contributed by atoms with Gasteiger partial charge in [-0.1, -0.05) is 0 Å². The summed E-state index contributed by atoms with van der Waals surface area (Å²) >= 11 is 0. The highest BCUT2D eigenvalue weighted by atomic mass is 16.8. The number of aliphatic hydroxyl groups excluding tert-OH is 7. The molecule has 18 atom stereocenters. The summed E-state index contributed by atoms with van der Waals surface area (Å²) < 4.78 is 59.3. The van der Waals surface area contributed by atoms with Crippen molar-refractivity contribution in [3.8, 4) is 0 Å². The van der Waals surface area contributed by atoms with E-state index in [9.17, 15) is 60.0 Å². The highest BCUT2D eigenvalue weighted by Crippen LogP contribution is 2.41. The van der Waals surface area contributed by atoms with Gasteiger partial charge in [-0.05, 0) is 6.92 Å². The maximum atomic E-state index is 12.7. The molecule has 4 saturated heterocycles. The molecule has 61 heavy (non-hydrogen) atoms. The molecule has 0 aliphatic carbocycles. The molecular weight excluding hydrogens is 828 g/mol. The standard InChI is InChI=1S/C35H60N4O22/c1-13-23(47)25(49)21(38-15(3)45)31(54-13)59-27-22(39-16(4)46)32(56-19(10-42)24(27)48)58-26-20(11-43)57-33(29-28(26)60-35(5,61-29)34(50)51)53-12-18(37-14(2)44)30(52-7-6-36)55-17(8-40)9-41/h13,17-33,40-43,47-49H,6-12,36H2,1-5H3,(H,37,44)(H,38,45)(H,39,46)(H,50,51)/t13?,18?,19?,20?,21?,22?,23?,24?,25?,26?,27?,28?,29?,30?,31?,32?,33?,35-/m0/s1. The van der Waals surface area contributed by atoms with Crippen LogP contribution in [0.1, 0.15) is 34.6 Å². The molecule has 352 valence electrons. The molecule has 0 aromatic heterocycles. The molecule has 0 saturated carbocycles. The van der Waals surface area contributed by atoms with E-state index in [1.165, 1.54) is 13.8 Å². The summed E-state index contributed by atoms with van der Waals surface area (Å²) in [4.78, 5) is 49.5. The minimum atomic E-state index is -2.38. The topological polar surface area (TPSA) is 385 Å². The molecule has 4 fully saturated rings. The molecule has 3 amide bonds. The number of rotatable bonds is 21. The minimum Gasteiger partial charge on any atom is -0.477 e. The second kappa shape index (κ2) is 22.7. The van der Waals surface area contributed by atoms with E-state index in [1.807, 2.05) is 0 Å². The van der Waals surface area contributed by atoms with Gasteiger partial charge >= 0.3 is 5.97 Å². The Morgan fingerprint density at radius 1 is 0.754 bits per heavy atom. The van der Waals surface area contributed by atoms with E-state index in [0.717, 1.165) is 20.8 Å². The van der Waals surface area contributed by atoms with Crippen LogP contribution in [-0.4, -0.2) is 227 Å². The minimum absolute atomic E-state index is 0.0151. The van der Waals surface area contributed by atoms with Gasteiger partial charge in [-0.2, -0.15) is 0 Å². The van der Waals surface area contributed by atoms with Crippen LogP contribution in [0.4, 0.5) is 0 Å². The molecule has 0 aromatic rings. The van der Waals surface area contributed by atoms with Crippen molar-refractivity contribution in [3.63, 3.8) is 0 Å². The molecule has 0 spiro atoms. The number of hydrogen-bond acceptors (Lipinski definition) is 22. The molecular formula is C35H60N4O22. The van der Waals surface area contributed by atoms with Gasteiger partial charge in [-0.3, -0.25) is 14.4 Å². The maximum Gasteiger partial charge on any atom is 0.364 e. The number of fused-ring (bicyclic) bond motifs is 1. The van der Waals surface area contributed by atoms with E-state index in [4.69, 9.17) is 53.1 Å². The first-order valence-electron chi connectivity index (χ1n) is 19.6. The summed E-state index contributed by atoms with van der Waals surface area (Å²) in [5.41, 5.74) is 5.59. The molecule has 4 aliphatic rings. The lowest BCUT2D eigenvalue weighted by Gasteiger charge is -2.49. The highest BCUT2D eigenvalue weighted by Gasteiger charge is 2.62. The summed E-state index contributed by atoms with van der Waals surface area (Å²) in [7, 11) is 0. The van der Waals surface area contributed by atoms with E-state index < -0.39 is 173 Å². The van der Waals surface area contributed by atoms with Crippen LogP contribution < -0.4 is 21.7 Å². The number of carboxylic acids is 1. The summed E-state index contributed by atoms with van der Waals surface area (Å²) in [6.45, 7) is 2.36. The van der Waals surface area contributed by atoms with Crippen molar-refractivity contribution in [2.45, 2.75) is 151 Å². The Morgan fingerprint density at radius 2 is 1.33 bits per heavy atom. The molecule has 4 heterocycles. The van der Waals surface area contributed by atoms with Gasteiger partial charge in [-0.25, -0.2) is 4.79 Å². The van der Waals surface area contributed by atoms with E-state index in [-0.39, 0.29) is 13.2 Å². The first-order chi connectivity index (χ1) is 28.8. The first kappa shape index (κ1) is 50.8. The van der Waals surface area contributed by atoms with Gasteiger partial charge in [0.2, 0.25) is 17.7 Å². The monoisotopic (exact) mass is 888 g/mol. The van der Waals surface area contributed by atoms with Gasteiger partial charge in [0, 0.05) is 34.2 Å². The van der Waals surface area contributed by atoms with Crippen LogP contribution in [0.15, 0.2) is 0 Å². The van der Waals surface area contributed by atoms with Crippen LogP contribution in [0.25, 0.3) is 0 Å². The molecule has 26 heteroatoms. The van der Waals surface area contributed by atoms with Gasteiger partial charge in [0.15, 0.2) is 25.2 Å². The number of nitrogens with one attached hydrogen (secondary N) is 3. The third-order valence-electron chi connectivity index (χ3n) is 10.2. The van der Waals surface area contributed by atoms with Gasteiger partial charge in [0.25, 0.3) is 5.79 Å². The quantitative estimate of drug-likeness (QED) is 0.0476. The molecule has 4 aliphatic heterocycles. The number of carbonyl (C=O) groups is 4. The first-order valence-corrected chi connectivity index (χ1v) is 19.6. The van der Waals surface area contributed by atoms with Crippen LogP contribution in [0.2, 0.25) is 0 Å². The van der Waals surface area contributed by atoms with Crippen LogP contribution in [-0.2, 0) is 66.5 Å². The summed E-state index contributed by atoms with van der Waals surface area (Å²) in [5.74, 6) is -5.91. The second-order valence-electron chi connectivity index (χ2n) is 15.0. The van der Waals surface area contributed by atoms with Crippen LogP contribution >= 0.6 is 0 Å². The van der Waals surface area contributed by atoms with Gasteiger partial charge < -0.3 is 110 Å². The van der Waals surface area contributed by atoms with Crippen molar-refractivity contribution in [1.82, 2.24) is 16.0 Å². The SMILES string of the molecule is CC(=O)NC(COC1OC(CO)C(OC2OC(CO)C(O)C(OC3OC(C)C(O)C(O)C3NC(C)=O)C2NC(C)=O)C2O[C@](C)(C(=O)O)OC12)C(OCCN)OC(CO)CO. The number of nitrogens with two attached hydrogens (primary N) is 1. The Hall–Kier alpha value is -2.84. The van der Waals surface area contributed by atoms with Gasteiger partial charge in [0.05, 0.1) is 45.7 Å². The number of ether oxygens (including phenoxy) is 10. The maximum absolute atomic E-state index is 12.7. The van der Waals surface area contributed by atoms with Crippen LogP contribution in [0.5, 0.6) is 0 Å². The zero-order valence-electron chi connectivity index (χ0n) is 34.2. The number of aliphatic carboxylic acids is 1. The third-order valence-corrected chi connectivity index (χ3v) is 10.2. The normalized spacial score (nSPS) is 38.6. The predicted octanol–water partition coefficient (Wildman–Crippen LogP) is -7.19. The largest absolute Gasteiger partial charge is 0.477 e. The van der Waals surface area contributed by atoms with Crippen molar-refractivity contribution < 1.29 is 107 Å². The third kappa shape index (κ3) is 12.5. The van der Waals surface area contributed by atoms with Crippen molar-refractivity contribution in [2.75, 3.05) is 46.2 Å². The Kier molecular flexibility index (Phi) is 18.9. The number of aliphatic hydroxyl groups is 7. The van der Waals surface area contributed by atoms with Gasteiger partial charge in [-0.15, -0.1) is 0 Å². The Bertz CT molecular complexity index is 1450. The van der Waals surface area contributed by atoms with E-state index in [1.54, 1.807) is 0 Å². The van der Waals surface area contributed by atoms with E-state index >= 15 is 0 Å². The number of carboxylic acid groups (broad SMARTS) is 1. The smallest absolute Gasteiger partial charge is 0.364 e. The Morgan fingerprint density at radius 3 is 1.89 bits per heavy atom. The Labute approximate surface area is 349 Å². The van der Waals surface area contributed by atoms with Crippen LogP contribution in [0, 0.1) is 0 Å². The molecule has 0 radical (unpaired) electrons. The predicted molar refractivity (Wildman–Crippen MR) is 196 cm³/mol. The summed E-state index contributed by atoms with van der Waals surface area (Å²) in [5, 5.41) is 90.7. The zero-order valence-corrected chi connectivity index (χ0v) is 34.2. The fourth-order valence-corrected chi connectivity index (χ4v) is 7.22. The average molecular weight is 889 g/mol. The van der Waals surface area contributed by atoms with E-state index in [2.05, 4.69) is 16.0 Å². The van der Waals surface area contributed by atoms with Crippen molar-refractivity contribution >= 4 is 23.7 Å². The second-order valence-corrected chi connectivity index (χ2v) is 15.0. The van der Waals surface area contributed by atoms with Crippen LogP contribution in [0.3, 0.4) is 0 Å². The fourth-order valence-electron chi connectivity index (χ4n) is 7.22. The zero-order chi connectivity index (χ0) is 45.3. The van der Waals surface area contributed by atoms with E-state index in [0.29, 0.717) is 0 Å². The van der Waals surface area contributed by atoms with Crippen molar-refractivity contribution in [2.24, 2.45) is 5.73 Å². The Balaban J connectivity index is 1.67. The lowest BCUT2D eigenvalue weighted by atomic mass is 9.94. The molecule has 13 N–H and O–H groups in total. The molecule has 0 aromatic carbocycles. The highest BCUT2D eigenvalue weighted by molar-refractivity contribution is 5.75. The lowest BCUT2D eigenvalue weighted by molar-refractivity contribution is -0.351. The van der Waals surface area contributed by atoms with Crippen molar-refractivity contribution in [1.29, 1.82) is 0 Å². The lowest BCUT2D eigenvalue weighted by Crippen LogP contribution is -2.70.